The highest BCUT2D eigenvalue weighted by Crippen LogP contribution is 2.24. The van der Waals surface area contributed by atoms with Gasteiger partial charge in [-0.2, -0.15) is 5.10 Å². The van der Waals surface area contributed by atoms with Crippen molar-refractivity contribution in [3.05, 3.63) is 45.7 Å². The van der Waals surface area contributed by atoms with E-state index in [1.54, 1.807) is 20.8 Å². The van der Waals surface area contributed by atoms with Crippen LogP contribution in [0.5, 0.6) is 0 Å². The number of hydrogen-bond acceptors (Lipinski definition) is 3. The van der Waals surface area contributed by atoms with E-state index in [9.17, 15) is 9.18 Å². The molecule has 2 aromatic rings. The third-order valence-corrected chi connectivity index (χ3v) is 3.35. The lowest BCUT2D eigenvalue weighted by atomic mass is 10.1. The number of aryl methyl sites for hydroxylation is 2. The maximum atomic E-state index is 13.8. The molecule has 0 saturated heterocycles. The van der Waals surface area contributed by atoms with Crippen LogP contribution < -0.4 is 5.32 Å². The van der Waals surface area contributed by atoms with Crippen LogP contribution in [0, 0.1) is 19.7 Å². The fourth-order valence-corrected chi connectivity index (χ4v) is 1.99. The van der Waals surface area contributed by atoms with Crippen molar-refractivity contribution in [3.8, 4) is 0 Å². The Kier molecular flexibility index (Phi) is 4.04. The van der Waals surface area contributed by atoms with Crippen LogP contribution in [0.3, 0.4) is 0 Å². The molecule has 0 fully saturated rings. The first-order valence-corrected chi connectivity index (χ1v) is 6.42. The number of carbonyl (C=O) groups is 1. The van der Waals surface area contributed by atoms with E-state index in [1.807, 2.05) is 0 Å². The van der Waals surface area contributed by atoms with Gasteiger partial charge in [0.15, 0.2) is 5.82 Å². The zero-order valence-corrected chi connectivity index (χ0v) is 12.0. The second-order valence-corrected chi connectivity index (χ2v) is 4.91. The SMILES string of the molecule is Cc1nc([C@@H](C)NC(=O)c2c(F)ccc(C)c2Cl)n[nH]1. The number of aromatic nitrogens is 3. The van der Waals surface area contributed by atoms with Crippen LogP contribution in [0.25, 0.3) is 0 Å². The van der Waals surface area contributed by atoms with Crippen LogP contribution in [0.1, 0.15) is 40.5 Å². The topological polar surface area (TPSA) is 70.7 Å². The van der Waals surface area contributed by atoms with Gasteiger partial charge in [0.25, 0.3) is 5.91 Å². The molecule has 1 aromatic carbocycles. The third-order valence-electron chi connectivity index (χ3n) is 2.86. The smallest absolute Gasteiger partial charge is 0.256 e. The predicted octanol–water partition coefficient (Wildman–Crippen LogP) is 2.71. The minimum Gasteiger partial charge on any atom is -0.342 e. The molecule has 1 aromatic heterocycles. The first kappa shape index (κ1) is 14.5. The van der Waals surface area contributed by atoms with Crippen LogP contribution in [0.15, 0.2) is 12.1 Å². The van der Waals surface area contributed by atoms with E-state index >= 15 is 0 Å². The average Bonchev–Trinajstić information content (AvgIpc) is 2.81. The number of nitrogens with one attached hydrogen (secondary N) is 2. The van der Waals surface area contributed by atoms with Gasteiger partial charge in [-0.15, -0.1) is 0 Å². The minimum absolute atomic E-state index is 0.112. The zero-order chi connectivity index (χ0) is 14.9. The maximum Gasteiger partial charge on any atom is 0.256 e. The second-order valence-electron chi connectivity index (χ2n) is 4.53. The van der Waals surface area contributed by atoms with Crippen molar-refractivity contribution < 1.29 is 9.18 Å². The molecule has 7 heteroatoms. The number of nitrogens with zero attached hydrogens (tertiary/aromatic N) is 2. The number of halogens is 2. The molecule has 0 aliphatic heterocycles. The number of H-pyrrole nitrogens is 1. The number of aromatic amines is 1. The van der Waals surface area contributed by atoms with E-state index in [4.69, 9.17) is 11.6 Å². The molecule has 0 saturated carbocycles. The molecular weight excluding hydrogens is 283 g/mol. The Balaban J connectivity index is 2.23. The Hall–Kier alpha value is -1.95. The van der Waals surface area contributed by atoms with Crippen molar-refractivity contribution in [1.29, 1.82) is 0 Å². The number of amides is 1. The molecule has 20 heavy (non-hydrogen) atoms. The summed E-state index contributed by atoms with van der Waals surface area (Å²) in [6.07, 6.45) is 0. The highest BCUT2D eigenvalue weighted by atomic mass is 35.5. The van der Waals surface area contributed by atoms with Crippen LogP contribution in [0.4, 0.5) is 4.39 Å². The van der Waals surface area contributed by atoms with Crippen molar-refractivity contribution in [2.45, 2.75) is 26.8 Å². The largest absolute Gasteiger partial charge is 0.342 e. The van der Waals surface area contributed by atoms with E-state index in [1.165, 1.54) is 12.1 Å². The van der Waals surface area contributed by atoms with Gasteiger partial charge in [-0.3, -0.25) is 9.89 Å². The van der Waals surface area contributed by atoms with Crippen molar-refractivity contribution in [3.63, 3.8) is 0 Å². The fourth-order valence-electron chi connectivity index (χ4n) is 1.75. The molecule has 5 nitrogen and oxygen atoms in total. The first-order chi connectivity index (χ1) is 9.40. The monoisotopic (exact) mass is 296 g/mol. The van der Waals surface area contributed by atoms with Crippen LogP contribution >= 0.6 is 11.6 Å². The first-order valence-electron chi connectivity index (χ1n) is 6.04. The predicted molar refractivity (Wildman–Crippen MR) is 73.1 cm³/mol. The molecule has 0 aliphatic carbocycles. The molecule has 0 radical (unpaired) electrons. The van der Waals surface area contributed by atoms with Crippen molar-refractivity contribution in [1.82, 2.24) is 20.5 Å². The Morgan fingerprint density at radius 2 is 2.15 bits per heavy atom. The number of hydrogen-bond donors (Lipinski definition) is 2. The summed E-state index contributed by atoms with van der Waals surface area (Å²) in [5.41, 5.74) is 0.477. The maximum absolute atomic E-state index is 13.8. The van der Waals surface area contributed by atoms with Crippen molar-refractivity contribution in [2.75, 3.05) is 0 Å². The fraction of sp³-hybridized carbons (Fsp3) is 0.308. The number of carbonyl (C=O) groups excluding carboxylic acids is 1. The molecule has 1 amide bonds. The lowest BCUT2D eigenvalue weighted by molar-refractivity contribution is 0.0934. The summed E-state index contributed by atoms with van der Waals surface area (Å²) in [7, 11) is 0. The third kappa shape index (κ3) is 2.80. The standard InChI is InChI=1S/C13H14ClFN4O/c1-6-4-5-9(15)10(11(6)14)13(20)16-7(2)12-17-8(3)18-19-12/h4-5,7H,1-3H3,(H,16,20)(H,17,18,19)/t7-/m1/s1. The van der Waals surface area contributed by atoms with Crippen LogP contribution in [0.2, 0.25) is 5.02 Å². The normalized spacial score (nSPS) is 12.2. The van der Waals surface area contributed by atoms with Gasteiger partial charge >= 0.3 is 0 Å². The quantitative estimate of drug-likeness (QED) is 0.915. The Morgan fingerprint density at radius 3 is 2.75 bits per heavy atom. The molecule has 0 spiro atoms. The van der Waals surface area contributed by atoms with Gasteiger partial charge < -0.3 is 5.32 Å². The van der Waals surface area contributed by atoms with Gasteiger partial charge in [0.1, 0.15) is 11.6 Å². The molecule has 0 aliphatic rings. The van der Waals surface area contributed by atoms with Gasteiger partial charge in [-0.05, 0) is 32.4 Å². The molecule has 1 heterocycles. The molecular formula is C13H14ClFN4O. The van der Waals surface area contributed by atoms with E-state index in [0.29, 0.717) is 17.2 Å². The molecule has 1 atom stereocenters. The molecule has 0 unspecified atom stereocenters. The Bertz CT molecular complexity index is 656. The zero-order valence-electron chi connectivity index (χ0n) is 11.3. The second kappa shape index (κ2) is 5.58. The van der Waals surface area contributed by atoms with E-state index in [-0.39, 0.29) is 10.6 Å². The molecule has 0 bridgehead atoms. The molecule has 2 N–H and O–H groups in total. The summed E-state index contributed by atoms with van der Waals surface area (Å²) >= 11 is 5.99. The molecule has 106 valence electrons. The van der Waals surface area contributed by atoms with Gasteiger partial charge in [-0.25, -0.2) is 9.37 Å². The summed E-state index contributed by atoms with van der Waals surface area (Å²) in [6, 6.07) is 2.29. The lowest BCUT2D eigenvalue weighted by Crippen LogP contribution is -2.28. The summed E-state index contributed by atoms with van der Waals surface area (Å²) in [5.74, 6) is -0.177. The van der Waals surface area contributed by atoms with Crippen molar-refractivity contribution in [2.24, 2.45) is 0 Å². The van der Waals surface area contributed by atoms with Gasteiger partial charge in [0.05, 0.1) is 16.6 Å². The molecule has 2 rings (SSSR count). The summed E-state index contributed by atoms with van der Waals surface area (Å²) < 4.78 is 13.8. The van der Waals surface area contributed by atoms with E-state index in [2.05, 4.69) is 20.5 Å². The number of rotatable bonds is 3. The average molecular weight is 297 g/mol. The van der Waals surface area contributed by atoms with Gasteiger partial charge in [0.2, 0.25) is 0 Å². The van der Waals surface area contributed by atoms with Crippen molar-refractivity contribution >= 4 is 17.5 Å². The van der Waals surface area contributed by atoms with E-state index < -0.39 is 17.8 Å². The van der Waals surface area contributed by atoms with Gasteiger partial charge in [-0.1, -0.05) is 17.7 Å². The Morgan fingerprint density at radius 1 is 1.45 bits per heavy atom. The highest BCUT2D eigenvalue weighted by Gasteiger charge is 2.21. The van der Waals surface area contributed by atoms with Crippen LogP contribution in [-0.2, 0) is 0 Å². The van der Waals surface area contributed by atoms with Gasteiger partial charge in [0, 0.05) is 0 Å². The lowest BCUT2D eigenvalue weighted by Gasteiger charge is -2.13. The summed E-state index contributed by atoms with van der Waals surface area (Å²) in [6.45, 7) is 5.17. The van der Waals surface area contributed by atoms with E-state index in [0.717, 1.165) is 0 Å². The minimum atomic E-state index is -0.656. The summed E-state index contributed by atoms with van der Waals surface area (Å²) in [4.78, 5) is 16.2. The number of benzene rings is 1. The summed E-state index contributed by atoms with van der Waals surface area (Å²) in [5, 5.41) is 9.37. The highest BCUT2D eigenvalue weighted by molar-refractivity contribution is 6.34. The Labute approximate surface area is 120 Å². The van der Waals surface area contributed by atoms with Crippen LogP contribution in [-0.4, -0.2) is 21.1 Å².